The predicted molar refractivity (Wildman–Crippen MR) is 70.5 cm³/mol. The molecule has 1 saturated carbocycles. The van der Waals surface area contributed by atoms with Gasteiger partial charge in [0, 0.05) is 6.04 Å². The molecule has 3 nitrogen and oxygen atoms in total. The van der Waals surface area contributed by atoms with Crippen LogP contribution in [-0.2, 0) is 0 Å². The number of anilines is 1. The molecule has 1 aromatic heterocycles. The molecule has 0 amide bonds. The molecule has 0 saturated heterocycles. The summed E-state index contributed by atoms with van der Waals surface area (Å²) in [5.41, 5.74) is 0. The molecule has 1 aliphatic rings. The molecule has 1 aliphatic carbocycles. The highest BCUT2D eigenvalue weighted by atomic mass is 16.5. The van der Waals surface area contributed by atoms with Crippen LogP contribution in [0.15, 0.2) is 18.3 Å². The van der Waals surface area contributed by atoms with Gasteiger partial charge >= 0.3 is 0 Å². The van der Waals surface area contributed by atoms with E-state index in [1.807, 2.05) is 12.1 Å². The van der Waals surface area contributed by atoms with E-state index < -0.39 is 0 Å². The Morgan fingerprint density at radius 2 is 1.82 bits per heavy atom. The van der Waals surface area contributed by atoms with Gasteiger partial charge in [0.2, 0.25) is 0 Å². The highest BCUT2D eigenvalue weighted by Crippen LogP contribution is 2.20. The van der Waals surface area contributed by atoms with Gasteiger partial charge in [-0.25, -0.2) is 4.98 Å². The van der Waals surface area contributed by atoms with E-state index in [1.165, 1.54) is 44.9 Å². The fourth-order valence-electron chi connectivity index (χ4n) is 2.40. The normalized spacial score (nSPS) is 18.2. The second-order valence-electron chi connectivity index (χ2n) is 4.77. The maximum atomic E-state index is 5.11. The summed E-state index contributed by atoms with van der Waals surface area (Å²) in [6.45, 7) is 0. The van der Waals surface area contributed by atoms with Gasteiger partial charge < -0.3 is 10.1 Å². The fraction of sp³-hybridized carbons (Fsp3) is 0.643. The van der Waals surface area contributed by atoms with Crippen molar-refractivity contribution in [1.82, 2.24) is 4.98 Å². The molecule has 0 unspecified atom stereocenters. The van der Waals surface area contributed by atoms with Crippen molar-refractivity contribution in [3.05, 3.63) is 18.3 Å². The molecule has 17 heavy (non-hydrogen) atoms. The predicted octanol–water partition coefficient (Wildman–Crippen LogP) is 3.62. The second-order valence-corrected chi connectivity index (χ2v) is 4.77. The maximum absolute atomic E-state index is 5.11. The Morgan fingerprint density at radius 3 is 2.41 bits per heavy atom. The molecule has 0 aromatic carbocycles. The minimum atomic E-state index is 0.594. The van der Waals surface area contributed by atoms with Crippen molar-refractivity contribution in [2.75, 3.05) is 12.4 Å². The fourth-order valence-corrected chi connectivity index (χ4v) is 2.40. The number of nitrogens with one attached hydrogen (secondary N) is 1. The lowest BCUT2D eigenvalue weighted by molar-refractivity contribution is 0.413. The zero-order valence-electron chi connectivity index (χ0n) is 10.6. The van der Waals surface area contributed by atoms with E-state index >= 15 is 0 Å². The number of hydrogen-bond donors (Lipinski definition) is 1. The third-order valence-corrected chi connectivity index (χ3v) is 3.43. The van der Waals surface area contributed by atoms with E-state index in [4.69, 9.17) is 4.74 Å². The van der Waals surface area contributed by atoms with Crippen LogP contribution in [0.3, 0.4) is 0 Å². The van der Waals surface area contributed by atoms with Crippen molar-refractivity contribution in [2.24, 2.45) is 0 Å². The van der Waals surface area contributed by atoms with Gasteiger partial charge in [0.05, 0.1) is 13.3 Å². The molecular weight excluding hydrogens is 212 g/mol. The van der Waals surface area contributed by atoms with Crippen LogP contribution in [0.25, 0.3) is 0 Å². The molecule has 1 aromatic rings. The van der Waals surface area contributed by atoms with Gasteiger partial charge in [0.1, 0.15) is 11.6 Å². The number of ether oxygens (including phenoxy) is 1. The Balaban J connectivity index is 1.88. The maximum Gasteiger partial charge on any atom is 0.137 e. The molecule has 0 spiro atoms. The van der Waals surface area contributed by atoms with Crippen LogP contribution < -0.4 is 10.1 Å². The van der Waals surface area contributed by atoms with E-state index in [2.05, 4.69) is 10.3 Å². The first kappa shape index (κ1) is 12.2. The summed E-state index contributed by atoms with van der Waals surface area (Å²) >= 11 is 0. The van der Waals surface area contributed by atoms with E-state index in [1.54, 1.807) is 13.3 Å². The average Bonchev–Trinajstić information content (AvgIpc) is 2.33. The topological polar surface area (TPSA) is 34.1 Å². The molecule has 3 heteroatoms. The molecule has 0 radical (unpaired) electrons. The Kier molecular flexibility index (Phi) is 4.65. The van der Waals surface area contributed by atoms with Crippen molar-refractivity contribution >= 4 is 5.82 Å². The number of nitrogens with zero attached hydrogens (tertiary/aromatic N) is 1. The van der Waals surface area contributed by atoms with Crippen molar-refractivity contribution in [3.8, 4) is 5.75 Å². The number of pyridine rings is 1. The molecule has 1 fully saturated rings. The van der Waals surface area contributed by atoms with Crippen LogP contribution in [0.4, 0.5) is 5.82 Å². The molecule has 2 rings (SSSR count). The first-order chi connectivity index (χ1) is 8.38. The molecule has 94 valence electrons. The minimum absolute atomic E-state index is 0.594. The van der Waals surface area contributed by atoms with Crippen LogP contribution in [0.1, 0.15) is 44.9 Å². The van der Waals surface area contributed by atoms with Gasteiger partial charge in [-0.15, -0.1) is 0 Å². The molecule has 0 bridgehead atoms. The third-order valence-electron chi connectivity index (χ3n) is 3.43. The van der Waals surface area contributed by atoms with E-state index in [0.29, 0.717) is 6.04 Å². The Hall–Kier alpha value is -1.25. The lowest BCUT2D eigenvalue weighted by atomic mass is 9.97. The number of aromatic nitrogens is 1. The molecule has 1 N–H and O–H groups in total. The molecule has 1 heterocycles. The minimum Gasteiger partial charge on any atom is -0.495 e. The van der Waals surface area contributed by atoms with Crippen molar-refractivity contribution < 1.29 is 4.74 Å². The summed E-state index contributed by atoms with van der Waals surface area (Å²) in [7, 11) is 1.67. The van der Waals surface area contributed by atoms with Crippen LogP contribution in [-0.4, -0.2) is 18.1 Å². The van der Waals surface area contributed by atoms with Gasteiger partial charge in [-0.05, 0) is 25.0 Å². The number of rotatable bonds is 3. The van der Waals surface area contributed by atoms with Gasteiger partial charge in [-0.2, -0.15) is 0 Å². The Labute approximate surface area is 104 Å². The monoisotopic (exact) mass is 234 g/mol. The van der Waals surface area contributed by atoms with E-state index in [-0.39, 0.29) is 0 Å². The van der Waals surface area contributed by atoms with E-state index in [9.17, 15) is 0 Å². The quantitative estimate of drug-likeness (QED) is 0.867. The zero-order chi connectivity index (χ0) is 11.9. The zero-order valence-corrected chi connectivity index (χ0v) is 10.6. The second kappa shape index (κ2) is 6.48. The third kappa shape index (κ3) is 3.91. The van der Waals surface area contributed by atoms with Crippen molar-refractivity contribution in [2.45, 2.75) is 51.0 Å². The van der Waals surface area contributed by atoms with Gasteiger partial charge in [0.15, 0.2) is 0 Å². The van der Waals surface area contributed by atoms with Gasteiger partial charge in [-0.1, -0.05) is 32.1 Å². The lowest BCUT2D eigenvalue weighted by Gasteiger charge is -2.21. The largest absolute Gasteiger partial charge is 0.495 e. The first-order valence-corrected chi connectivity index (χ1v) is 6.65. The van der Waals surface area contributed by atoms with Gasteiger partial charge in [0.25, 0.3) is 0 Å². The molecular formula is C14H22N2O. The highest BCUT2D eigenvalue weighted by Gasteiger charge is 2.11. The van der Waals surface area contributed by atoms with Crippen LogP contribution in [0, 0.1) is 0 Å². The summed E-state index contributed by atoms with van der Waals surface area (Å²) in [5, 5.41) is 3.53. The van der Waals surface area contributed by atoms with Crippen LogP contribution in [0.2, 0.25) is 0 Å². The SMILES string of the molecule is COc1ccc(NC2CCCCCCC2)nc1. The summed E-state index contributed by atoms with van der Waals surface area (Å²) in [6.07, 6.45) is 11.2. The summed E-state index contributed by atoms with van der Waals surface area (Å²) in [5.74, 6) is 1.78. The van der Waals surface area contributed by atoms with Crippen LogP contribution >= 0.6 is 0 Å². The molecule has 0 aliphatic heterocycles. The standard InChI is InChI=1S/C14H22N2O/c1-17-13-9-10-14(15-11-13)16-12-7-5-3-2-4-6-8-12/h9-12H,2-8H2,1H3,(H,15,16). The van der Waals surface area contributed by atoms with Crippen LogP contribution in [0.5, 0.6) is 5.75 Å². The molecule has 0 atom stereocenters. The summed E-state index contributed by atoms with van der Waals surface area (Å²) < 4.78 is 5.11. The van der Waals surface area contributed by atoms with E-state index in [0.717, 1.165) is 11.6 Å². The Morgan fingerprint density at radius 1 is 1.12 bits per heavy atom. The summed E-state index contributed by atoms with van der Waals surface area (Å²) in [4.78, 5) is 4.36. The van der Waals surface area contributed by atoms with Crippen molar-refractivity contribution in [3.63, 3.8) is 0 Å². The Bertz CT molecular complexity index is 315. The smallest absolute Gasteiger partial charge is 0.137 e. The highest BCUT2D eigenvalue weighted by molar-refractivity contribution is 5.38. The first-order valence-electron chi connectivity index (χ1n) is 6.65. The van der Waals surface area contributed by atoms with Crippen molar-refractivity contribution in [1.29, 1.82) is 0 Å². The number of methoxy groups -OCH3 is 1. The lowest BCUT2D eigenvalue weighted by Crippen LogP contribution is -2.21. The summed E-state index contributed by atoms with van der Waals surface area (Å²) in [6, 6.07) is 4.55. The average molecular weight is 234 g/mol. The van der Waals surface area contributed by atoms with Gasteiger partial charge in [-0.3, -0.25) is 0 Å². The number of hydrogen-bond acceptors (Lipinski definition) is 3.